The van der Waals surface area contributed by atoms with Gasteiger partial charge in [-0.15, -0.1) is 0 Å². The number of nitrogens with two attached hydrogens (primary N) is 1. The Labute approximate surface area is 113 Å². The van der Waals surface area contributed by atoms with E-state index in [2.05, 4.69) is 0 Å². The Hall–Kier alpha value is -1.12. The van der Waals surface area contributed by atoms with Gasteiger partial charge in [0, 0.05) is 6.54 Å². The maximum atomic E-state index is 9.99. The average Bonchev–Trinajstić information content (AvgIpc) is 2.28. The molecule has 0 saturated carbocycles. The molecule has 0 aliphatic rings. The van der Waals surface area contributed by atoms with Crippen LogP contribution in [-0.4, -0.2) is 45.2 Å². The van der Waals surface area contributed by atoms with Crippen molar-refractivity contribution in [1.82, 2.24) is 0 Å². The van der Waals surface area contributed by atoms with Crippen LogP contribution in [0.2, 0.25) is 0 Å². The SMILES string of the molecule is CC(C)(O)C(C)(CN)Oc1ccccc1.OB(O)O. The summed E-state index contributed by atoms with van der Waals surface area (Å²) in [6, 6.07) is 9.38. The first-order chi connectivity index (χ1) is 8.62. The van der Waals surface area contributed by atoms with Gasteiger partial charge in [0.1, 0.15) is 11.4 Å². The molecule has 0 amide bonds. The second-order valence-electron chi connectivity index (χ2n) is 4.76. The van der Waals surface area contributed by atoms with E-state index in [9.17, 15) is 5.11 Å². The summed E-state index contributed by atoms with van der Waals surface area (Å²) in [5.41, 5.74) is 3.88. The van der Waals surface area contributed by atoms with E-state index in [0.29, 0.717) is 5.75 Å². The Balaban J connectivity index is 0.000000711. The molecule has 0 saturated heterocycles. The minimum Gasteiger partial charge on any atom is -0.483 e. The molecule has 1 atom stereocenters. The third kappa shape index (κ3) is 6.56. The summed E-state index contributed by atoms with van der Waals surface area (Å²) in [6.45, 7) is 5.46. The lowest BCUT2D eigenvalue weighted by atomic mass is 9.87. The molecule has 6 N–H and O–H groups in total. The van der Waals surface area contributed by atoms with E-state index < -0.39 is 18.5 Å². The molecule has 19 heavy (non-hydrogen) atoms. The van der Waals surface area contributed by atoms with Crippen molar-refractivity contribution in [2.24, 2.45) is 5.73 Å². The minimum atomic E-state index is -2.17. The van der Waals surface area contributed by atoms with Crippen LogP contribution in [0.5, 0.6) is 5.75 Å². The van der Waals surface area contributed by atoms with E-state index in [1.807, 2.05) is 30.3 Å². The van der Waals surface area contributed by atoms with Crippen LogP contribution in [-0.2, 0) is 0 Å². The second-order valence-corrected chi connectivity index (χ2v) is 4.76. The molecule has 0 fully saturated rings. The van der Waals surface area contributed by atoms with Gasteiger partial charge < -0.3 is 30.6 Å². The Morgan fingerprint density at radius 1 is 1.11 bits per heavy atom. The molecule has 0 aromatic heterocycles. The normalized spacial score (nSPS) is 13.9. The standard InChI is InChI=1S/C12H19NO2.BH3O3/c1-11(2,14)12(3,9-13)15-10-7-5-4-6-8-10;2-1(3)4/h4-8,14H,9,13H2,1-3H3;2-4H. The van der Waals surface area contributed by atoms with E-state index in [-0.39, 0.29) is 6.54 Å². The zero-order valence-corrected chi connectivity index (χ0v) is 11.4. The number of benzene rings is 1. The third-order valence-corrected chi connectivity index (χ3v) is 2.77. The van der Waals surface area contributed by atoms with Crippen molar-refractivity contribution >= 4 is 7.32 Å². The minimum absolute atomic E-state index is 0.255. The van der Waals surface area contributed by atoms with Crippen molar-refractivity contribution in [2.75, 3.05) is 6.54 Å². The maximum Gasteiger partial charge on any atom is 0.631 e. The monoisotopic (exact) mass is 271 g/mol. The Kier molecular flexibility index (Phi) is 7.03. The van der Waals surface area contributed by atoms with Crippen LogP contribution in [0.15, 0.2) is 30.3 Å². The van der Waals surface area contributed by atoms with Crippen LogP contribution in [0.4, 0.5) is 0 Å². The number of rotatable bonds is 4. The predicted octanol–water partition coefficient (Wildman–Crippen LogP) is -0.498. The van der Waals surface area contributed by atoms with Crippen molar-refractivity contribution in [3.8, 4) is 5.75 Å². The highest BCUT2D eigenvalue weighted by Gasteiger charge is 2.40. The predicted molar refractivity (Wildman–Crippen MR) is 73.2 cm³/mol. The summed E-state index contributed by atoms with van der Waals surface area (Å²) in [5.74, 6) is 0.715. The summed E-state index contributed by atoms with van der Waals surface area (Å²) in [4.78, 5) is 0. The highest BCUT2D eigenvalue weighted by Crippen LogP contribution is 2.27. The van der Waals surface area contributed by atoms with Gasteiger partial charge in [0.25, 0.3) is 0 Å². The van der Waals surface area contributed by atoms with Crippen LogP contribution in [0.1, 0.15) is 20.8 Å². The molecular formula is C12H22BNO5. The van der Waals surface area contributed by atoms with Crippen LogP contribution in [0, 0.1) is 0 Å². The molecule has 0 spiro atoms. The average molecular weight is 271 g/mol. The Morgan fingerprint density at radius 2 is 1.53 bits per heavy atom. The van der Waals surface area contributed by atoms with Crippen LogP contribution < -0.4 is 10.5 Å². The quantitative estimate of drug-likeness (QED) is 0.471. The first-order valence-electron chi connectivity index (χ1n) is 5.83. The van der Waals surface area contributed by atoms with Crippen LogP contribution >= 0.6 is 0 Å². The molecule has 0 bridgehead atoms. The highest BCUT2D eigenvalue weighted by molar-refractivity contribution is 6.30. The zero-order chi connectivity index (χ0) is 15.1. The topological polar surface area (TPSA) is 116 Å². The molecule has 0 heterocycles. The van der Waals surface area contributed by atoms with Crippen molar-refractivity contribution in [1.29, 1.82) is 0 Å². The fraction of sp³-hybridized carbons (Fsp3) is 0.500. The molecule has 6 nitrogen and oxygen atoms in total. The van der Waals surface area contributed by atoms with Gasteiger partial charge in [0.05, 0.1) is 5.60 Å². The van der Waals surface area contributed by atoms with Crippen molar-refractivity contribution in [3.05, 3.63) is 30.3 Å². The first kappa shape index (κ1) is 17.9. The van der Waals surface area contributed by atoms with E-state index in [1.165, 1.54) is 0 Å². The summed E-state index contributed by atoms with van der Waals surface area (Å²) < 4.78 is 5.74. The Morgan fingerprint density at radius 3 is 1.84 bits per heavy atom. The van der Waals surface area contributed by atoms with E-state index in [1.54, 1.807) is 20.8 Å². The zero-order valence-electron chi connectivity index (χ0n) is 11.4. The van der Waals surface area contributed by atoms with Gasteiger partial charge in [-0.2, -0.15) is 0 Å². The van der Waals surface area contributed by atoms with E-state index in [4.69, 9.17) is 25.5 Å². The fourth-order valence-electron chi connectivity index (χ4n) is 1.16. The van der Waals surface area contributed by atoms with Crippen molar-refractivity contribution in [2.45, 2.75) is 32.0 Å². The molecular weight excluding hydrogens is 249 g/mol. The fourth-order valence-corrected chi connectivity index (χ4v) is 1.16. The molecule has 0 aliphatic carbocycles. The maximum absolute atomic E-state index is 9.99. The van der Waals surface area contributed by atoms with Gasteiger partial charge in [-0.3, -0.25) is 0 Å². The van der Waals surface area contributed by atoms with Crippen LogP contribution in [0.3, 0.4) is 0 Å². The first-order valence-corrected chi connectivity index (χ1v) is 5.83. The van der Waals surface area contributed by atoms with Gasteiger partial charge in [-0.25, -0.2) is 0 Å². The molecule has 1 unspecified atom stereocenters. The molecule has 1 aromatic carbocycles. The van der Waals surface area contributed by atoms with E-state index in [0.717, 1.165) is 0 Å². The largest absolute Gasteiger partial charge is 0.631 e. The molecule has 7 heteroatoms. The van der Waals surface area contributed by atoms with Crippen molar-refractivity contribution < 1.29 is 24.9 Å². The number of hydrogen-bond donors (Lipinski definition) is 5. The summed E-state index contributed by atoms with van der Waals surface area (Å²) >= 11 is 0. The number of aliphatic hydroxyl groups is 1. The number of ether oxygens (including phenoxy) is 1. The van der Waals surface area contributed by atoms with Crippen molar-refractivity contribution in [3.63, 3.8) is 0 Å². The summed E-state index contributed by atoms with van der Waals surface area (Å²) in [5, 5.41) is 31.5. The van der Waals surface area contributed by atoms with E-state index >= 15 is 0 Å². The Bertz CT molecular complexity index is 352. The molecule has 0 radical (unpaired) electrons. The van der Waals surface area contributed by atoms with Gasteiger partial charge in [0.15, 0.2) is 0 Å². The van der Waals surface area contributed by atoms with Gasteiger partial charge in [-0.05, 0) is 32.9 Å². The van der Waals surface area contributed by atoms with Crippen LogP contribution in [0.25, 0.3) is 0 Å². The third-order valence-electron chi connectivity index (χ3n) is 2.77. The lowest BCUT2D eigenvalue weighted by Crippen LogP contribution is -2.57. The van der Waals surface area contributed by atoms with Gasteiger partial charge in [-0.1, -0.05) is 18.2 Å². The number of hydrogen-bond acceptors (Lipinski definition) is 6. The lowest BCUT2D eigenvalue weighted by molar-refractivity contribution is -0.0960. The number of para-hydroxylation sites is 1. The molecule has 1 rings (SSSR count). The summed E-state index contributed by atoms with van der Waals surface area (Å²) in [7, 11) is -2.17. The molecule has 0 aliphatic heterocycles. The highest BCUT2D eigenvalue weighted by atomic mass is 16.5. The lowest BCUT2D eigenvalue weighted by Gasteiger charge is -2.39. The van der Waals surface area contributed by atoms with Gasteiger partial charge >= 0.3 is 7.32 Å². The second kappa shape index (κ2) is 7.47. The van der Waals surface area contributed by atoms with Gasteiger partial charge in [0.2, 0.25) is 0 Å². The molecule has 1 aromatic rings. The molecule has 108 valence electrons. The smallest absolute Gasteiger partial charge is 0.483 e. The summed E-state index contributed by atoms with van der Waals surface area (Å²) in [6.07, 6.45) is 0.